The molecule has 0 aliphatic carbocycles. The summed E-state index contributed by atoms with van der Waals surface area (Å²) in [6.45, 7) is 0. The lowest BCUT2D eigenvalue weighted by Gasteiger charge is -2.13. The van der Waals surface area contributed by atoms with Crippen LogP contribution in [0.25, 0.3) is 288 Å². The Morgan fingerprint density at radius 1 is 0.181 bits per heavy atom. The van der Waals surface area contributed by atoms with Crippen LogP contribution >= 0.6 is 22.7 Å². The van der Waals surface area contributed by atoms with Crippen molar-refractivity contribution in [2.24, 2.45) is 0 Å². The third-order valence-electron chi connectivity index (χ3n) is 28.1. The Morgan fingerprint density at radius 2 is 0.471 bits per heavy atom. The zero-order chi connectivity index (χ0) is 90.3. The number of rotatable bonds is 7. The van der Waals surface area contributed by atoms with Crippen LogP contribution < -0.4 is 0 Å². The van der Waals surface area contributed by atoms with Crippen molar-refractivity contribution in [3.63, 3.8) is 0 Å². The maximum atomic E-state index is 6.78. The first-order valence-corrected chi connectivity index (χ1v) is 48.3. The molecule has 0 atom stereocenters. The van der Waals surface area contributed by atoms with Crippen LogP contribution in [0.15, 0.2) is 447 Å². The standard InChI is InChI=1S/C46H27N3S.C40H23N3O.C40H23N3S/c1-2-12-28(13-3-1)29-22-24-31(25-23-29)43-33-16-6-9-19-37(33)47-46(48-43)49-38-20-10-7-17-34(38)40-36-27-26-30-14-4-5-15-32(30)41(36)45-42(44(40)49)35-18-8-11-21-39(35)50-45;2*1-2-13-25(14-3-1)37-27-16-6-9-19-31(27)41-40(42-37)43-32-20-10-7-17-28(32)34-30-23-22-24-12-4-5-15-26(24)35(30)39-36(38(34)43)29-18-8-11-21-33(29)44-39/h1-27H;2*1-23H. The smallest absolute Gasteiger partial charge is 0.235 e. The van der Waals surface area contributed by atoms with Gasteiger partial charge in [-0.3, -0.25) is 13.7 Å². The van der Waals surface area contributed by atoms with Gasteiger partial charge < -0.3 is 4.42 Å². The molecule has 12 heteroatoms. The molecule has 0 saturated carbocycles. The summed E-state index contributed by atoms with van der Waals surface area (Å²) in [4.78, 5) is 32.0. The minimum absolute atomic E-state index is 0.639. The van der Waals surface area contributed by atoms with Crippen molar-refractivity contribution in [3.05, 3.63) is 443 Å². The number of thiophene rings is 2. The molecular formula is C126H73N9OS2. The Bertz CT molecular complexity index is 10200. The molecule has 0 saturated heterocycles. The predicted octanol–water partition coefficient (Wildman–Crippen LogP) is 34.4. The minimum Gasteiger partial charge on any atom is -0.455 e. The molecule has 0 radical (unpaired) electrons. The summed E-state index contributed by atoms with van der Waals surface area (Å²) in [5.41, 5.74) is 19.5. The lowest BCUT2D eigenvalue weighted by molar-refractivity contribution is 0.673. The minimum atomic E-state index is 0.639. The average Bonchev–Trinajstić information content (AvgIpc) is 1.54. The second kappa shape index (κ2) is 30.8. The predicted molar refractivity (Wildman–Crippen MR) is 581 cm³/mol. The van der Waals surface area contributed by atoms with E-state index in [1.165, 1.54) is 132 Å². The molecule has 0 amide bonds. The quantitative estimate of drug-likeness (QED) is 0.146. The largest absolute Gasteiger partial charge is 0.455 e. The van der Waals surface area contributed by atoms with Gasteiger partial charge in [0.25, 0.3) is 0 Å². The van der Waals surface area contributed by atoms with Gasteiger partial charge in [-0.05, 0) is 114 Å². The summed E-state index contributed by atoms with van der Waals surface area (Å²) < 4.78 is 18.8. The van der Waals surface area contributed by atoms with Crippen molar-refractivity contribution in [1.82, 2.24) is 43.6 Å². The van der Waals surface area contributed by atoms with Gasteiger partial charge in [0.15, 0.2) is 0 Å². The van der Waals surface area contributed by atoms with E-state index in [0.717, 1.165) is 138 Å². The summed E-state index contributed by atoms with van der Waals surface area (Å²) in [5, 5.41) is 32.4. The van der Waals surface area contributed by atoms with Crippen molar-refractivity contribution in [2.45, 2.75) is 0 Å². The number of benzene rings is 22. The Hall–Kier alpha value is -17.9. The maximum absolute atomic E-state index is 6.78. The van der Waals surface area contributed by atoms with Crippen LogP contribution in [-0.2, 0) is 0 Å². The summed E-state index contributed by atoms with van der Waals surface area (Å²) in [5.74, 6) is 2.00. The highest BCUT2D eigenvalue weighted by molar-refractivity contribution is 7.27. The Balaban J connectivity index is 0.000000100. The molecule has 10 nitrogen and oxygen atoms in total. The fourth-order valence-electron chi connectivity index (χ4n) is 22.2. The van der Waals surface area contributed by atoms with Gasteiger partial charge in [-0.1, -0.05) is 388 Å². The normalized spacial score (nSPS) is 12.1. The van der Waals surface area contributed by atoms with E-state index in [0.29, 0.717) is 17.8 Å². The third-order valence-corrected chi connectivity index (χ3v) is 30.5. The average molecular weight is 1790 g/mol. The van der Waals surface area contributed by atoms with Crippen LogP contribution in [0.4, 0.5) is 0 Å². The SMILES string of the molecule is c1ccc(-c2ccc(-c3nc(-n4c5ccccc5c5c6ccc7ccccc7c6c6sc7ccccc7c6c54)nc4ccccc34)cc2)cc1.c1ccc(-c2nc(-n3c4ccccc4c4c5ccc6ccccc6c5c5oc6ccccc6c5c43)nc3ccccc23)cc1.c1ccc(-c2nc(-n3c4ccccc4c4c5ccc6ccccc6c5c5sc6ccccc6c5c43)nc3ccccc23)cc1. The van der Waals surface area contributed by atoms with E-state index in [4.69, 9.17) is 34.3 Å². The number of nitrogens with zero attached hydrogens (tertiary/aromatic N) is 9. The molecule has 31 aromatic rings. The van der Waals surface area contributed by atoms with Gasteiger partial charge in [0.2, 0.25) is 17.8 Å². The van der Waals surface area contributed by atoms with Gasteiger partial charge in [0.1, 0.15) is 11.2 Å². The fraction of sp³-hybridized carbons (Fsp3) is 0. The van der Waals surface area contributed by atoms with Crippen LogP contribution in [0.3, 0.4) is 0 Å². The maximum Gasteiger partial charge on any atom is 0.235 e. The Kier molecular flexibility index (Phi) is 17.3. The third kappa shape index (κ3) is 11.7. The Labute approximate surface area is 795 Å². The first kappa shape index (κ1) is 77.6. The molecule has 0 spiro atoms. The van der Waals surface area contributed by atoms with Crippen LogP contribution in [0.1, 0.15) is 0 Å². The fourth-order valence-corrected chi connectivity index (χ4v) is 24.8. The second-order valence-electron chi connectivity index (χ2n) is 35.6. The van der Waals surface area contributed by atoms with Crippen LogP contribution in [0.5, 0.6) is 0 Å². The molecule has 31 rings (SSSR count). The highest BCUT2D eigenvalue weighted by Crippen LogP contribution is 2.54. The summed E-state index contributed by atoms with van der Waals surface area (Å²) in [7, 11) is 0. The molecular weight excluding hydrogens is 1720 g/mol. The van der Waals surface area contributed by atoms with E-state index in [-0.39, 0.29) is 0 Å². The number of fused-ring (bicyclic) bond motifs is 39. The molecule has 0 aliphatic rings. The summed E-state index contributed by atoms with van der Waals surface area (Å²) in [6.07, 6.45) is 0. The molecule has 0 N–H and O–H groups in total. The van der Waals surface area contributed by atoms with E-state index < -0.39 is 0 Å². The van der Waals surface area contributed by atoms with Crippen LogP contribution in [0.2, 0.25) is 0 Å². The molecule has 0 bridgehead atoms. The monoisotopic (exact) mass is 1790 g/mol. The Morgan fingerprint density at radius 3 is 0.884 bits per heavy atom. The molecule has 0 aliphatic heterocycles. The van der Waals surface area contributed by atoms with Crippen molar-refractivity contribution in [2.75, 3.05) is 0 Å². The number of furan rings is 1. The van der Waals surface area contributed by atoms with Crippen molar-refractivity contribution >= 4 is 248 Å². The van der Waals surface area contributed by atoms with Crippen molar-refractivity contribution < 1.29 is 4.42 Å². The van der Waals surface area contributed by atoms with Gasteiger partial charge in [0.05, 0.1) is 72.1 Å². The highest BCUT2D eigenvalue weighted by Gasteiger charge is 2.31. The van der Waals surface area contributed by atoms with Crippen LogP contribution in [0, 0.1) is 0 Å². The highest BCUT2D eigenvalue weighted by atomic mass is 32.1. The first-order chi connectivity index (χ1) is 68.5. The van der Waals surface area contributed by atoms with E-state index >= 15 is 0 Å². The molecule has 0 unspecified atom stereocenters. The van der Waals surface area contributed by atoms with Crippen molar-refractivity contribution in [3.8, 4) is 62.7 Å². The summed E-state index contributed by atoms with van der Waals surface area (Å²) in [6, 6.07) is 157. The van der Waals surface area contributed by atoms with E-state index in [2.05, 4.69) is 432 Å². The zero-order valence-corrected chi connectivity index (χ0v) is 75.5. The molecule has 9 heterocycles. The van der Waals surface area contributed by atoms with Gasteiger partial charge in [-0.25, -0.2) is 29.9 Å². The molecule has 0 fully saturated rings. The van der Waals surface area contributed by atoms with Crippen molar-refractivity contribution in [1.29, 1.82) is 0 Å². The van der Waals surface area contributed by atoms with E-state index in [1.807, 2.05) is 46.9 Å². The van der Waals surface area contributed by atoms with Crippen LogP contribution in [-0.4, -0.2) is 43.6 Å². The first-order valence-electron chi connectivity index (χ1n) is 46.6. The number of aromatic nitrogens is 9. The molecule has 138 heavy (non-hydrogen) atoms. The lowest BCUT2D eigenvalue weighted by atomic mass is 9.95. The van der Waals surface area contributed by atoms with E-state index in [1.54, 1.807) is 0 Å². The number of para-hydroxylation sites is 7. The molecule has 640 valence electrons. The van der Waals surface area contributed by atoms with Gasteiger partial charge >= 0.3 is 0 Å². The topological polar surface area (TPSA) is 105 Å². The second-order valence-corrected chi connectivity index (χ2v) is 37.7. The molecule has 9 aromatic heterocycles. The van der Waals surface area contributed by atoms with Gasteiger partial charge in [-0.2, -0.15) is 0 Å². The van der Waals surface area contributed by atoms with E-state index in [9.17, 15) is 0 Å². The van der Waals surface area contributed by atoms with Gasteiger partial charge in [0, 0.05) is 127 Å². The van der Waals surface area contributed by atoms with Gasteiger partial charge in [-0.15, -0.1) is 22.7 Å². The zero-order valence-electron chi connectivity index (χ0n) is 73.9. The lowest BCUT2D eigenvalue weighted by Crippen LogP contribution is -2.03. The number of hydrogen-bond donors (Lipinski definition) is 0. The number of hydrogen-bond acceptors (Lipinski definition) is 9. The summed E-state index contributed by atoms with van der Waals surface area (Å²) >= 11 is 3.77. The molecule has 22 aromatic carbocycles.